The number of rotatable bonds is 4. The van der Waals surface area contributed by atoms with Gasteiger partial charge in [-0.2, -0.15) is 5.11 Å². The van der Waals surface area contributed by atoms with Crippen LogP contribution in [0.5, 0.6) is 11.5 Å². The summed E-state index contributed by atoms with van der Waals surface area (Å²) in [6, 6.07) is 9.97. The molecule has 0 saturated carbocycles. The molecule has 0 heterocycles. The third-order valence-corrected chi connectivity index (χ3v) is 3.01. The van der Waals surface area contributed by atoms with Gasteiger partial charge in [0.1, 0.15) is 17.0 Å². The van der Waals surface area contributed by atoms with E-state index in [9.17, 15) is 19.8 Å². The summed E-state index contributed by atoms with van der Waals surface area (Å²) in [7, 11) is 0. The lowest BCUT2D eigenvalue weighted by Crippen LogP contribution is -2.00. The zero-order valence-electron chi connectivity index (χ0n) is 12.1. The average molecular weight is 298 g/mol. The second-order valence-corrected chi connectivity index (χ2v) is 4.66. The highest BCUT2D eigenvalue weighted by atomic mass is 16.3. The van der Waals surface area contributed by atoms with Crippen LogP contribution in [0.25, 0.3) is 0 Å². The van der Waals surface area contributed by atoms with Gasteiger partial charge in [-0.1, -0.05) is 18.2 Å². The number of benzene rings is 2. The molecule has 0 atom stereocenters. The molecule has 0 spiro atoms. The Kier molecular flexibility index (Phi) is 4.31. The lowest BCUT2D eigenvalue weighted by Gasteiger charge is -2.09. The van der Waals surface area contributed by atoms with Gasteiger partial charge in [0, 0.05) is 0 Å². The number of hydrogen-bond acceptors (Lipinski definition) is 6. The first-order chi connectivity index (χ1) is 10.4. The molecule has 2 aromatic carbocycles. The van der Waals surface area contributed by atoms with E-state index in [1.54, 1.807) is 24.3 Å². The summed E-state index contributed by atoms with van der Waals surface area (Å²) in [5.41, 5.74) is 0.0560. The lowest BCUT2D eigenvalue weighted by atomic mass is 10.0. The number of carbonyl (C=O) groups excluding carboxylic acids is 2. The number of aromatic hydroxyl groups is 2. The summed E-state index contributed by atoms with van der Waals surface area (Å²) in [5.74, 6) is -2.07. The number of Topliss-reactive ketones (excluding diaryl/α,β-unsaturated/α-hetero) is 2. The van der Waals surface area contributed by atoms with E-state index in [0.29, 0.717) is 5.69 Å². The predicted molar refractivity (Wildman–Crippen MR) is 80.4 cm³/mol. The molecule has 0 amide bonds. The molecule has 0 aliphatic rings. The van der Waals surface area contributed by atoms with Gasteiger partial charge in [0.05, 0.1) is 11.3 Å². The lowest BCUT2D eigenvalue weighted by molar-refractivity contribution is 0.101. The van der Waals surface area contributed by atoms with Crippen LogP contribution in [-0.2, 0) is 0 Å². The fourth-order valence-corrected chi connectivity index (χ4v) is 1.93. The third-order valence-electron chi connectivity index (χ3n) is 3.01. The van der Waals surface area contributed by atoms with Crippen LogP contribution in [-0.4, -0.2) is 21.8 Å². The predicted octanol–water partition coefficient (Wildman–Crippen LogP) is 3.92. The normalized spacial score (nSPS) is 10.8. The first-order valence-corrected chi connectivity index (χ1v) is 6.49. The zero-order valence-corrected chi connectivity index (χ0v) is 12.1. The van der Waals surface area contributed by atoms with Crippen molar-refractivity contribution < 1.29 is 19.8 Å². The van der Waals surface area contributed by atoms with Crippen LogP contribution >= 0.6 is 0 Å². The SMILES string of the molecule is CC(=O)c1cc(N=Nc2ccccc2)c(O)c(C(C)=O)c1O. The molecule has 6 nitrogen and oxygen atoms in total. The van der Waals surface area contributed by atoms with Crippen LogP contribution in [0.4, 0.5) is 11.4 Å². The van der Waals surface area contributed by atoms with E-state index >= 15 is 0 Å². The number of phenolic OH excluding ortho intramolecular Hbond substituents is 2. The highest BCUT2D eigenvalue weighted by molar-refractivity contribution is 6.07. The van der Waals surface area contributed by atoms with E-state index in [2.05, 4.69) is 10.2 Å². The van der Waals surface area contributed by atoms with Crippen LogP contribution in [0.15, 0.2) is 46.6 Å². The molecule has 0 radical (unpaired) electrons. The van der Waals surface area contributed by atoms with Gasteiger partial charge in [-0.3, -0.25) is 9.59 Å². The molecular weight excluding hydrogens is 284 g/mol. The minimum absolute atomic E-state index is 0.0583. The van der Waals surface area contributed by atoms with Crippen LogP contribution in [0.1, 0.15) is 34.6 Å². The van der Waals surface area contributed by atoms with E-state index in [1.807, 2.05) is 6.07 Å². The summed E-state index contributed by atoms with van der Waals surface area (Å²) in [5, 5.41) is 27.8. The van der Waals surface area contributed by atoms with E-state index < -0.39 is 23.1 Å². The molecule has 0 saturated heterocycles. The molecule has 112 valence electrons. The Bertz CT molecular complexity index is 767. The Hall–Kier alpha value is -3.02. The summed E-state index contributed by atoms with van der Waals surface area (Å²) in [4.78, 5) is 23.1. The fourth-order valence-electron chi connectivity index (χ4n) is 1.93. The maximum absolute atomic E-state index is 11.6. The molecule has 0 unspecified atom stereocenters. The van der Waals surface area contributed by atoms with Gasteiger partial charge in [-0.25, -0.2) is 0 Å². The number of ketones is 2. The minimum Gasteiger partial charge on any atom is -0.506 e. The van der Waals surface area contributed by atoms with Crippen molar-refractivity contribution in [1.29, 1.82) is 0 Å². The average Bonchev–Trinajstić information content (AvgIpc) is 2.47. The van der Waals surface area contributed by atoms with Crippen molar-refractivity contribution in [3.8, 4) is 11.5 Å². The van der Waals surface area contributed by atoms with Crippen molar-refractivity contribution in [2.45, 2.75) is 13.8 Å². The minimum atomic E-state index is -0.575. The Labute approximate surface area is 126 Å². The summed E-state index contributed by atoms with van der Waals surface area (Å²) < 4.78 is 0. The van der Waals surface area contributed by atoms with Gasteiger partial charge >= 0.3 is 0 Å². The number of hydrogen-bond donors (Lipinski definition) is 2. The molecular formula is C16H14N2O4. The Morgan fingerprint density at radius 3 is 2.09 bits per heavy atom. The molecule has 0 bridgehead atoms. The van der Waals surface area contributed by atoms with Crippen LogP contribution in [0.3, 0.4) is 0 Å². The maximum Gasteiger partial charge on any atom is 0.167 e. The smallest absolute Gasteiger partial charge is 0.167 e. The van der Waals surface area contributed by atoms with Crippen LogP contribution in [0.2, 0.25) is 0 Å². The van der Waals surface area contributed by atoms with E-state index in [0.717, 1.165) is 0 Å². The molecule has 2 N–H and O–H groups in total. The molecule has 0 aromatic heterocycles. The summed E-state index contributed by atoms with van der Waals surface area (Å²) in [6.07, 6.45) is 0. The van der Waals surface area contributed by atoms with Crippen LogP contribution in [0, 0.1) is 0 Å². The van der Waals surface area contributed by atoms with Crippen molar-refractivity contribution in [1.82, 2.24) is 0 Å². The molecule has 0 aliphatic carbocycles. The second-order valence-electron chi connectivity index (χ2n) is 4.66. The topological polar surface area (TPSA) is 99.3 Å². The maximum atomic E-state index is 11.6. The monoisotopic (exact) mass is 298 g/mol. The number of phenols is 2. The standard InChI is InChI=1S/C16H14N2O4/c1-9(19)12-8-13(16(22)14(10(2)20)15(12)21)18-17-11-6-4-3-5-7-11/h3-8,21-22H,1-2H3. The van der Waals surface area contributed by atoms with Crippen molar-refractivity contribution in [3.05, 3.63) is 47.5 Å². The molecule has 6 heteroatoms. The second kappa shape index (κ2) is 6.17. The fraction of sp³-hybridized carbons (Fsp3) is 0.125. The Morgan fingerprint density at radius 2 is 1.55 bits per heavy atom. The van der Waals surface area contributed by atoms with E-state index in [1.165, 1.54) is 19.9 Å². The van der Waals surface area contributed by atoms with Gasteiger partial charge in [0.2, 0.25) is 0 Å². The molecule has 22 heavy (non-hydrogen) atoms. The molecule has 0 aliphatic heterocycles. The third kappa shape index (κ3) is 3.01. The highest BCUT2D eigenvalue weighted by Crippen LogP contribution is 2.40. The Balaban J connectivity index is 2.58. The summed E-state index contributed by atoms with van der Waals surface area (Å²) in [6.45, 7) is 2.42. The van der Waals surface area contributed by atoms with E-state index in [-0.39, 0.29) is 16.8 Å². The van der Waals surface area contributed by atoms with Crippen molar-refractivity contribution in [2.75, 3.05) is 0 Å². The number of nitrogens with zero attached hydrogens (tertiary/aromatic N) is 2. The zero-order chi connectivity index (χ0) is 16.3. The first kappa shape index (κ1) is 15.4. The first-order valence-electron chi connectivity index (χ1n) is 6.49. The van der Waals surface area contributed by atoms with Gasteiger partial charge in [-0.15, -0.1) is 5.11 Å². The molecule has 0 fully saturated rings. The largest absolute Gasteiger partial charge is 0.506 e. The van der Waals surface area contributed by atoms with Gasteiger partial charge in [0.15, 0.2) is 17.3 Å². The van der Waals surface area contributed by atoms with Crippen molar-refractivity contribution in [3.63, 3.8) is 0 Å². The van der Waals surface area contributed by atoms with Gasteiger partial charge in [0.25, 0.3) is 0 Å². The highest BCUT2D eigenvalue weighted by Gasteiger charge is 2.22. The molecule has 2 rings (SSSR count). The van der Waals surface area contributed by atoms with Gasteiger partial charge < -0.3 is 10.2 Å². The van der Waals surface area contributed by atoms with Crippen molar-refractivity contribution >= 4 is 22.9 Å². The van der Waals surface area contributed by atoms with Gasteiger partial charge in [-0.05, 0) is 32.0 Å². The van der Waals surface area contributed by atoms with E-state index in [4.69, 9.17) is 0 Å². The number of azo groups is 1. The Morgan fingerprint density at radius 1 is 0.909 bits per heavy atom. The number of carbonyl (C=O) groups is 2. The van der Waals surface area contributed by atoms with Crippen LogP contribution < -0.4 is 0 Å². The quantitative estimate of drug-likeness (QED) is 0.660. The van der Waals surface area contributed by atoms with Crippen molar-refractivity contribution in [2.24, 2.45) is 10.2 Å². The molecule has 2 aromatic rings. The summed E-state index contributed by atoms with van der Waals surface area (Å²) >= 11 is 0.